The van der Waals surface area contributed by atoms with Gasteiger partial charge in [-0.15, -0.1) is 0 Å². The van der Waals surface area contributed by atoms with Crippen molar-refractivity contribution in [3.05, 3.63) is 60.3 Å². The van der Waals surface area contributed by atoms with Crippen LogP contribution in [-0.2, 0) is 4.79 Å². The minimum Gasteiger partial charge on any atom is -0.485 e. The number of fused-ring (bicyclic) bond motifs is 2. The number of carbonyl (C=O) groups excluding carboxylic acids is 2. The second-order valence-corrected chi connectivity index (χ2v) is 6.16. The van der Waals surface area contributed by atoms with Gasteiger partial charge in [-0.25, -0.2) is 0 Å². The smallest absolute Gasteiger partial charge is 0.264 e. The quantitative estimate of drug-likeness (QED) is 0.602. The van der Waals surface area contributed by atoms with E-state index in [1.54, 1.807) is 18.3 Å². The van der Waals surface area contributed by atoms with Crippen LogP contribution in [0.4, 0.5) is 0 Å². The normalized spacial score (nSPS) is 15.3. The fourth-order valence-electron chi connectivity index (χ4n) is 2.98. The van der Waals surface area contributed by atoms with E-state index in [1.807, 2.05) is 36.4 Å². The van der Waals surface area contributed by atoms with E-state index in [-0.39, 0.29) is 18.4 Å². The molecule has 0 aliphatic carbocycles. The molecule has 0 radical (unpaired) electrons. The van der Waals surface area contributed by atoms with E-state index in [9.17, 15) is 9.59 Å². The van der Waals surface area contributed by atoms with Crippen LogP contribution in [0.1, 0.15) is 10.4 Å². The molecule has 3 N–H and O–H groups in total. The molecular weight excluding hydrogens is 346 g/mol. The van der Waals surface area contributed by atoms with Gasteiger partial charge in [0.15, 0.2) is 11.5 Å². The van der Waals surface area contributed by atoms with Crippen molar-refractivity contribution in [1.29, 1.82) is 0 Å². The number of carbonyl (C=O) groups is 2. The number of H-pyrrole nitrogens is 1. The fourth-order valence-corrected chi connectivity index (χ4v) is 2.98. The average Bonchev–Trinajstić information content (AvgIpc) is 3.15. The lowest BCUT2D eigenvalue weighted by molar-refractivity contribution is -0.130. The first kappa shape index (κ1) is 17.0. The third-order valence-electron chi connectivity index (χ3n) is 4.34. The molecule has 1 aromatic heterocycles. The number of aromatic nitrogens is 1. The predicted molar refractivity (Wildman–Crippen MR) is 100.0 cm³/mol. The summed E-state index contributed by atoms with van der Waals surface area (Å²) in [5, 5.41) is 6.43. The van der Waals surface area contributed by atoms with Gasteiger partial charge in [0, 0.05) is 30.2 Å². The minimum atomic E-state index is -0.704. The van der Waals surface area contributed by atoms with E-state index in [0.717, 1.165) is 10.9 Å². The van der Waals surface area contributed by atoms with Gasteiger partial charge in [0.1, 0.15) is 6.61 Å². The third-order valence-corrected chi connectivity index (χ3v) is 4.34. The molecule has 7 heteroatoms. The molecule has 1 aliphatic heterocycles. The molecule has 0 spiro atoms. The lowest BCUT2D eigenvalue weighted by Crippen LogP contribution is -2.46. The van der Waals surface area contributed by atoms with Crippen LogP contribution in [0, 0.1) is 0 Å². The van der Waals surface area contributed by atoms with E-state index in [1.165, 1.54) is 0 Å². The number of hydrogen-bond acceptors (Lipinski definition) is 4. The number of para-hydroxylation sites is 3. The highest BCUT2D eigenvalue weighted by Gasteiger charge is 2.26. The Morgan fingerprint density at radius 2 is 1.74 bits per heavy atom. The maximum atomic E-state index is 12.3. The van der Waals surface area contributed by atoms with Crippen molar-refractivity contribution in [1.82, 2.24) is 15.6 Å². The van der Waals surface area contributed by atoms with Gasteiger partial charge in [-0.1, -0.05) is 30.3 Å². The van der Waals surface area contributed by atoms with Gasteiger partial charge in [-0.2, -0.15) is 0 Å². The van der Waals surface area contributed by atoms with Crippen molar-refractivity contribution in [2.24, 2.45) is 0 Å². The van der Waals surface area contributed by atoms with Crippen molar-refractivity contribution in [3.8, 4) is 11.5 Å². The number of nitrogens with one attached hydrogen (secondary N) is 3. The molecular formula is C20H19N3O4. The number of rotatable bonds is 5. The van der Waals surface area contributed by atoms with Gasteiger partial charge in [-0.05, 0) is 18.2 Å². The van der Waals surface area contributed by atoms with Crippen molar-refractivity contribution < 1.29 is 19.1 Å². The molecule has 0 fully saturated rings. The highest BCUT2D eigenvalue weighted by molar-refractivity contribution is 6.06. The predicted octanol–water partition coefficient (Wildman–Crippen LogP) is 1.85. The van der Waals surface area contributed by atoms with Crippen LogP contribution in [0.15, 0.2) is 54.7 Å². The van der Waals surface area contributed by atoms with E-state index >= 15 is 0 Å². The second kappa shape index (κ2) is 7.41. The molecule has 0 saturated carbocycles. The number of benzene rings is 2. The van der Waals surface area contributed by atoms with Crippen molar-refractivity contribution >= 4 is 22.7 Å². The molecule has 1 aliphatic rings. The standard InChI is InChI=1S/C20H19N3O4/c24-19(14-11-23-15-6-2-1-5-13(14)15)21-9-10-22-20(25)18-12-26-16-7-3-4-8-17(16)27-18/h1-8,11,18,23H,9-10,12H2,(H,21,24)(H,22,25)/t18-/m0/s1. The zero-order valence-corrected chi connectivity index (χ0v) is 14.5. The largest absolute Gasteiger partial charge is 0.485 e. The summed E-state index contributed by atoms with van der Waals surface area (Å²) in [5.41, 5.74) is 1.49. The van der Waals surface area contributed by atoms with Gasteiger partial charge in [0.2, 0.25) is 6.10 Å². The molecule has 4 rings (SSSR count). The molecule has 0 unspecified atom stereocenters. The topological polar surface area (TPSA) is 92.5 Å². The summed E-state index contributed by atoms with van der Waals surface area (Å²) in [7, 11) is 0. The van der Waals surface area contributed by atoms with Crippen LogP contribution in [0.3, 0.4) is 0 Å². The number of ether oxygens (including phenoxy) is 2. The summed E-state index contributed by atoms with van der Waals surface area (Å²) >= 11 is 0. The average molecular weight is 365 g/mol. The first-order chi connectivity index (χ1) is 13.2. The Kier molecular flexibility index (Phi) is 4.65. The Hall–Kier alpha value is -3.48. The third kappa shape index (κ3) is 3.57. The van der Waals surface area contributed by atoms with Crippen LogP contribution in [0.2, 0.25) is 0 Å². The Labute approximate surface area is 155 Å². The van der Waals surface area contributed by atoms with Crippen LogP contribution in [-0.4, -0.2) is 42.6 Å². The molecule has 7 nitrogen and oxygen atoms in total. The van der Waals surface area contributed by atoms with Crippen molar-refractivity contribution in [2.45, 2.75) is 6.10 Å². The molecule has 27 heavy (non-hydrogen) atoms. The first-order valence-corrected chi connectivity index (χ1v) is 8.73. The van der Waals surface area contributed by atoms with Crippen LogP contribution < -0.4 is 20.1 Å². The van der Waals surface area contributed by atoms with Crippen LogP contribution in [0.5, 0.6) is 11.5 Å². The first-order valence-electron chi connectivity index (χ1n) is 8.73. The lowest BCUT2D eigenvalue weighted by Gasteiger charge is -2.25. The summed E-state index contributed by atoms with van der Waals surface area (Å²) < 4.78 is 11.2. The zero-order chi connectivity index (χ0) is 18.6. The molecule has 0 saturated heterocycles. The lowest BCUT2D eigenvalue weighted by atomic mass is 10.1. The maximum Gasteiger partial charge on any atom is 0.264 e. The highest BCUT2D eigenvalue weighted by atomic mass is 16.6. The monoisotopic (exact) mass is 365 g/mol. The summed E-state index contributed by atoms with van der Waals surface area (Å²) in [5.74, 6) is 0.725. The number of hydrogen-bond donors (Lipinski definition) is 3. The van der Waals surface area contributed by atoms with Crippen molar-refractivity contribution in [3.63, 3.8) is 0 Å². The summed E-state index contributed by atoms with van der Waals surface area (Å²) in [4.78, 5) is 27.6. The maximum absolute atomic E-state index is 12.3. The molecule has 138 valence electrons. The highest BCUT2D eigenvalue weighted by Crippen LogP contribution is 2.30. The SMILES string of the molecule is O=C(NCCNC(=O)[C@@H]1COc2ccccc2O1)c1c[nH]c2ccccc12. The zero-order valence-electron chi connectivity index (χ0n) is 14.5. The van der Waals surface area contributed by atoms with Crippen LogP contribution in [0.25, 0.3) is 10.9 Å². The van der Waals surface area contributed by atoms with E-state index < -0.39 is 6.10 Å². The molecule has 2 heterocycles. The van der Waals surface area contributed by atoms with Crippen molar-refractivity contribution in [2.75, 3.05) is 19.7 Å². The summed E-state index contributed by atoms with van der Waals surface area (Å²) in [6, 6.07) is 14.8. The molecule has 0 bridgehead atoms. The van der Waals surface area contributed by atoms with E-state index in [2.05, 4.69) is 15.6 Å². The Balaban J connectivity index is 1.25. The van der Waals surface area contributed by atoms with Gasteiger partial charge in [-0.3, -0.25) is 9.59 Å². The fraction of sp³-hybridized carbons (Fsp3) is 0.200. The second-order valence-electron chi connectivity index (χ2n) is 6.16. The number of amides is 2. The Morgan fingerprint density at radius 3 is 2.63 bits per heavy atom. The number of aromatic amines is 1. The summed E-state index contributed by atoms with van der Waals surface area (Å²) in [6.45, 7) is 0.771. The Bertz CT molecular complexity index is 982. The summed E-state index contributed by atoms with van der Waals surface area (Å²) in [6.07, 6.45) is 0.979. The van der Waals surface area contributed by atoms with Gasteiger partial charge in [0.05, 0.1) is 5.56 Å². The van der Waals surface area contributed by atoms with Gasteiger partial charge in [0.25, 0.3) is 11.8 Å². The molecule has 2 amide bonds. The molecule has 1 atom stereocenters. The Morgan fingerprint density at radius 1 is 1.00 bits per heavy atom. The molecule has 3 aromatic rings. The van der Waals surface area contributed by atoms with Crippen LogP contribution >= 0.6 is 0 Å². The minimum absolute atomic E-state index is 0.157. The van der Waals surface area contributed by atoms with E-state index in [0.29, 0.717) is 30.2 Å². The van der Waals surface area contributed by atoms with Gasteiger partial charge < -0.3 is 25.1 Å². The van der Waals surface area contributed by atoms with Gasteiger partial charge >= 0.3 is 0 Å². The molecule has 2 aromatic carbocycles. The van der Waals surface area contributed by atoms with E-state index in [4.69, 9.17) is 9.47 Å².